The molecular weight excluding hydrogens is 613 g/mol. The first kappa shape index (κ1) is 28.4. The Bertz CT molecular complexity index is 2770. The van der Waals surface area contributed by atoms with Crippen molar-refractivity contribution < 1.29 is 8.83 Å². The fourth-order valence-electron chi connectivity index (χ4n) is 7.18. The minimum atomic E-state index is -0.193. The van der Waals surface area contributed by atoms with E-state index in [4.69, 9.17) is 13.8 Å². The summed E-state index contributed by atoms with van der Waals surface area (Å²) in [5, 5.41) is 7.95. The molecule has 0 aliphatic carbocycles. The van der Waals surface area contributed by atoms with Crippen molar-refractivity contribution in [3.8, 4) is 22.3 Å². The third-order valence-corrected chi connectivity index (χ3v) is 9.72. The maximum Gasteiger partial charge on any atom is 0.178 e. The molecule has 0 radical (unpaired) electrons. The van der Waals surface area contributed by atoms with Crippen LogP contribution in [0.5, 0.6) is 0 Å². The molecule has 1 N–H and O–H groups in total. The summed E-state index contributed by atoms with van der Waals surface area (Å²) in [6.45, 7) is 0. The molecule has 4 nitrogen and oxygen atoms in total. The molecule has 7 aromatic carbocycles. The number of benzene rings is 7. The van der Waals surface area contributed by atoms with Crippen LogP contribution in [0.1, 0.15) is 22.9 Å². The lowest BCUT2D eigenvalue weighted by molar-refractivity contribution is 0.633. The minimum absolute atomic E-state index is 0.193. The summed E-state index contributed by atoms with van der Waals surface area (Å²) in [6, 6.07) is 57.0. The van der Waals surface area contributed by atoms with E-state index in [1.54, 1.807) is 0 Å². The van der Waals surface area contributed by atoms with Crippen LogP contribution in [0.4, 0.5) is 0 Å². The molecule has 4 heteroatoms. The first-order valence-electron chi connectivity index (χ1n) is 16.9. The number of aliphatic imine (C=N–C) groups is 1. The number of allylic oxidation sites excluding steroid dienone is 1. The summed E-state index contributed by atoms with van der Waals surface area (Å²) in [5.74, 6) is 0. The molecule has 0 spiro atoms. The second kappa shape index (κ2) is 11.5. The normalized spacial score (nSPS) is 14.6. The largest absolute Gasteiger partial charge is 0.452 e. The molecule has 10 rings (SSSR count). The van der Waals surface area contributed by atoms with Gasteiger partial charge in [-0.2, -0.15) is 0 Å². The van der Waals surface area contributed by atoms with E-state index in [0.717, 1.165) is 94.2 Å². The third-order valence-electron chi connectivity index (χ3n) is 9.72. The van der Waals surface area contributed by atoms with Crippen molar-refractivity contribution in [3.63, 3.8) is 0 Å². The highest BCUT2D eigenvalue weighted by atomic mass is 16.4. The first-order chi connectivity index (χ1) is 24.7. The SMILES string of the molecule is C1=C(c2cccc(-c3ccc4c(c3)oc3c4ccc4c5ccc(-c6ccccc6)cc5oc43)c2)NC(c2ccccc2)N=C1c1ccccc1. The van der Waals surface area contributed by atoms with Gasteiger partial charge in [0, 0.05) is 27.2 Å². The topological polar surface area (TPSA) is 50.7 Å². The summed E-state index contributed by atoms with van der Waals surface area (Å²) in [6.07, 6.45) is 1.96. The molecule has 0 saturated carbocycles. The fraction of sp³-hybridized carbons (Fsp3) is 0.0217. The Morgan fingerprint density at radius 3 is 1.56 bits per heavy atom. The molecule has 1 aliphatic heterocycles. The van der Waals surface area contributed by atoms with Gasteiger partial charge in [-0.3, -0.25) is 4.99 Å². The van der Waals surface area contributed by atoms with Crippen molar-refractivity contribution in [1.82, 2.24) is 5.32 Å². The molecule has 0 saturated heterocycles. The van der Waals surface area contributed by atoms with Gasteiger partial charge < -0.3 is 14.2 Å². The zero-order valence-electron chi connectivity index (χ0n) is 27.0. The summed E-state index contributed by atoms with van der Waals surface area (Å²) >= 11 is 0. The summed E-state index contributed by atoms with van der Waals surface area (Å²) < 4.78 is 13.1. The summed E-state index contributed by atoms with van der Waals surface area (Å²) in [5.41, 5.74) is 13.0. The zero-order chi connectivity index (χ0) is 33.0. The van der Waals surface area contributed by atoms with Gasteiger partial charge in [0.2, 0.25) is 0 Å². The third kappa shape index (κ3) is 4.81. The lowest BCUT2D eigenvalue weighted by atomic mass is 9.98. The molecule has 50 heavy (non-hydrogen) atoms. The molecular formula is C46H30N2O2. The van der Waals surface area contributed by atoms with E-state index < -0.39 is 0 Å². The molecule has 1 aliphatic rings. The van der Waals surface area contributed by atoms with Crippen molar-refractivity contribution in [2.24, 2.45) is 4.99 Å². The zero-order valence-corrected chi connectivity index (χ0v) is 27.0. The average Bonchev–Trinajstić information content (AvgIpc) is 3.76. The Hall–Kier alpha value is -6.65. The molecule has 1 unspecified atom stereocenters. The number of nitrogens with zero attached hydrogens (tertiary/aromatic N) is 1. The molecule has 0 fully saturated rings. The second-order valence-corrected chi connectivity index (χ2v) is 12.8. The van der Waals surface area contributed by atoms with E-state index in [2.05, 4.69) is 157 Å². The number of rotatable bonds is 5. The van der Waals surface area contributed by atoms with E-state index in [1.807, 2.05) is 18.2 Å². The second-order valence-electron chi connectivity index (χ2n) is 12.8. The number of nitrogens with one attached hydrogen (secondary N) is 1. The van der Waals surface area contributed by atoms with E-state index in [-0.39, 0.29) is 6.17 Å². The number of hydrogen-bond acceptors (Lipinski definition) is 4. The van der Waals surface area contributed by atoms with Gasteiger partial charge in [-0.1, -0.05) is 121 Å². The van der Waals surface area contributed by atoms with Gasteiger partial charge in [0.25, 0.3) is 0 Å². The molecule has 0 amide bonds. The monoisotopic (exact) mass is 642 g/mol. The Kier molecular flexibility index (Phi) is 6.53. The van der Waals surface area contributed by atoms with Gasteiger partial charge in [-0.05, 0) is 87.5 Å². The standard InChI is InChI=1S/C46H30N2O2/c1-4-11-29(12-5-1)33-19-21-36-38-23-24-39-37-22-20-34(27-43(37)50-45(39)44(38)49-42(36)26-33)32-17-10-18-35(25-32)41-28-40(30-13-6-2-7-14-30)47-46(48-41)31-15-8-3-9-16-31/h1-28,46,48H. The van der Waals surface area contributed by atoms with E-state index in [9.17, 15) is 0 Å². The Balaban J connectivity index is 1.04. The highest BCUT2D eigenvalue weighted by molar-refractivity contribution is 6.19. The summed E-state index contributed by atoms with van der Waals surface area (Å²) in [4.78, 5) is 5.10. The Morgan fingerprint density at radius 1 is 0.420 bits per heavy atom. The summed E-state index contributed by atoms with van der Waals surface area (Å²) in [7, 11) is 0. The van der Waals surface area contributed by atoms with Crippen LogP contribution in [0.25, 0.3) is 71.8 Å². The van der Waals surface area contributed by atoms with Crippen LogP contribution in [0.3, 0.4) is 0 Å². The quantitative estimate of drug-likeness (QED) is 0.203. The number of hydrogen-bond donors (Lipinski definition) is 1. The molecule has 0 bridgehead atoms. The van der Waals surface area contributed by atoms with Crippen LogP contribution >= 0.6 is 0 Å². The van der Waals surface area contributed by atoms with E-state index >= 15 is 0 Å². The fourth-order valence-corrected chi connectivity index (χ4v) is 7.18. The van der Waals surface area contributed by atoms with Crippen molar-refractivity contribution in [2.75, 3.05) is 0 Å². The molecule has 236 valence electrons. The van der Waals surface area contributed by atoms with Crippen molar-refractivity contribution in [1.29, 1.82) is 0 Å². The first-order valence-corrected chi connectivity index (χ1v) is 16.9. The maximum absolute atomic E-state index is 6.61. The van der Waals surface area contributed by atoms with Crippen LogP contribution in [-0.4, -0.2) is 5.71 Å². The highest BCUT2D eigenvalue weighted by Crippen LogP contribution is 2.41. The van der Waals surface area contributed by atoms with Gasteiger partial charge in [-0.25, -0.2) is 0 Å². The van der Waals surface area contributed by atoms with Crippen LogP contribution in [-0.2, 0) is 0 Å². The number of furan rings is 2. The van der Waals surface area contributed by atoms with Crippen molar-refractivity contribution in [2.45, 2.75) is 6.17 Å². The van der Waals surface area contributed by atoms with Gasteiger partial charge >= 0.3 is 0 Å². The predicted molar refractivity (Wildman–Crippen MR) is 205 cm³/mol. The maximum atomic E-state index is 6.61. The van der Waals surface area contributed by atoms with E-state index in [1.165, 1.54) is 0 Å². The van der Waals surface area contributed by atoms with E-state index in [0.29, 0.717) is 0 Å². The van der Waals surface area contributed by atoms with Crippen molar-refractivity contribution >= 4 is 55.3 Å². The average molecular weight is 643 g/mol. The molecule has 2 aromatic heterocycles. The van der Waals surface area contributed by atoms with Crippen LogP contribution in [0.15, 0.2) is 184 Å². The van der Waals surface area contributed by atoms with Crippen molar-refractivity contribution in [3.05, 3.63) is 187 Å². The highest BCUT2D eigenvalue weighted by Gasteiger charge is 2.21. The smallest absolute Gasteiger partial charge is 0.178 e. The van der Waals surface area contributed by atoms with Crippen LogP contribution < -0.4 is 5.32 Å². The lowest BCUT2D eigenvalue weighted by Crippen LogP contribution is -2.24. The van der Waals surface area contributed by atoms with Gasteiger partial charge in [0.05, 0.1) is 5.71 Å². The lowest BCUT2D eigenvalue weighted by Gasteiger charge is -2.25. The molecule has 9 aromatic rings. The van der Waals surface area contributed by atoms with Crippen LogP contribution in [0.2, 0.25) is 0 Å². The predicted octanol–water partition coefficient (Wildman–Crippen LogP) is 12.0. The Labute approximate surface area is 288 Å². The molecule has 1 atom stereocenters. The van der Waals surface area contributed by atoms with Gasteiger partial charge in [-0.15, -0.1) is 0 Å². The molecule has 3 heterocycles. The minimum Gasteiger partial charge on any atom is -0.452 e. The van der Waals surface area contributed by atoms with Gasteiger partial charge in [0.1, 0.15) is 17.3 Å². The van der Waals surface area contributed by atoms with Crippen LogP contribution in [0, 0.1) is 0 Å². The Morgan fingerprint density at radius 2 is 0.920 bits per heavy atom. The number of fused-ring (bicyclic) bond motifs is 7. The van der Waals surface area contributed by atoms with Gasteiger partial charge in [0.15, 0.2) is 11.2 Å².